The zero-order chi connectivity index (χ0) is 20.2. The molecule has 0 amide bonds. The van der Waals surface area contributed by atoms with Crippen LogP contribution in [-0.4, -0.2) is 42.2 Å². The minimum atomic E-state index is -0.758. The molecule has 2 heterocycles. The van der Waals surface area contributed by atoms with Crippen molar-refractivity contribution in [2.75, 3.05) is 26.2 Å². The van der Waals surface area contributed by atoms with Crippen LogP contribution in [0.1, 0.15) is 47.8 Å². The second-order valence-corrected chi connectivity index (χ2v) is 9.39. The second kappa shape index (κ2) is 7.19. The average molecular weight is 432 g/mol. The van der Waals surface area contributed by atoms with Crippen LogP contribution < -0.4 is 4.74 Å². The lowest BCUT2D eigenvalue weighted by Gasteiger charge is -2.37. The maximum absolute atomic E-state index is 11.0. The average Bonchev–Trinajstić information content (AvgIpc) is 3.40. The Balaban J connectivity index is 1.33. The molecule has 2 atom stereocenters. The molecule has 29 heavy (non-hydrogen) atoms. The molecule has 5 rings (SSSR count). The zero-order valence-electron chi connectivity index (χ0n) is 16.0. The monoisotopic (exact) mass is 431 g/mol. The van der Waals surface area contributed by atoms with Crippen LogP contribution in [0.5, 0.6) is 5.75 Å². The molecule has 6 heteroatoms. The molecule has 2 aromatic rings. The predicted octanol–water partition coefficient (Wildman–Crippen LogP) is 5.08. The summed E-state index contributed by atoms with van der Waals surface area (Å²) in [5.74, 6) is 1.02. The molecule has 2 aliphatic heterocycles. The third-order valence-corrected chi connectivity index (χ3v) is 7.50. The standard InChI is InChI=1S/C23H23Cl2NO3/c24-18-2-1-3-19(25)22(18)16-11-15(16)14-4-5-17-20(10-14)29-13-23(17)6-8-26(9-7-23)12-21(27)28/h1-5,10,15-16H,6-9,11-13H2,(H,27,28). The number of hydrogen-bond donors (Lipinski definition) is 1. The van der Waals surface area contributed by atoms with E-state index in [1.807, 2.05) is 23.1 Å². The van der Waals surface area contributed by atoms with Crippen LogP contribution >= 0.6 is 23.2 Å². The van der Waals surface area contributed by atoms with Gasteiger partial charge in [0.2, 0.25) is 0 Å². The van der Waals surface area contributed by atoms with Crippen LogP contribution in [-0.2, 0) is 10.2 Å². The summed E-state index contributed by atoms with van der Waals surface area (Å²) in [5, 5.41) is 10.5. The summed E-state index contributed by atoms with van der Waals surface area (Å²) in [5.41, 5.74) is 3.65. The molecule has 2 unspecified atom stereocenters. The fraction of sp³-hybridized carbons (Fsp3) is 0.435. The minimum Gasteiger partial charge on any atom is -0.492 e. The second-order valence-electron chi connectivity index (χ2n) is 8.58. The first-order valence-corrected chi connectivity index (χ1v) is 10.9. The smallest absolute Gasteiger partial charge is 0.317 e. The molecule has 1 N–H and O–H groups in total. The van der Waals surface area contributed by atoms with E-state index >= 15 is 0 Å². The Morgan fingerprint density at radius 3 is 2.55 bits per heavy atom. The number of piperidine rings is 1. The van der Waals surface area contributed by atoms with E-state index in [2.05, 4.69) is 18.2 Å². The third-order valence-electron chi connectivity index (χ3n) is 6.84. The highest BCUT2D eigenvalue weighted by molar-refractivity contribution is 6.36. The van der Waals surface area contributed by atoms with E-state index in [1.54, 1.807) is 0 Å². The number of carbonyl (C=O) groups is 1. The SMILES string of the molecule is O=C(O)CN1CCC2(CC1)COc1cc(C3CC3c3c(Cl)cccc3Cl)ccc12. The van der Waals surface area contributed by atoms with Gasteiger partial charge in [-0.2, -0.15) is 0 Å². The number of nitrogens with zero attached hydrogens (tertiary/aromatic N) is 1. The van der Waals surface area contributed by atoms with E-state index in [1.165, 1.54) is 11.1 Å². The molecule has 1 aliphatic carbocycles. The maximum atomic E-state index is 11.0. The molecule has 1 saturated carbocycles. The van der Waals surface area contributed by atoms with E-state index < -0.39 is 5.97 Å². The van der Waals surface area contributed by atoms with Gasteiger partial charge in [-0.15, -0.1) is 0 Å². The Morgan fingerprint density at radius 1 is 1.14 bits per heavy atom. The Hall–Kier alpha value is -1.75. The number of carboxylic acids is 1. The van der Waals surface area contributed by atoms with Crippen LogP contribution in [0.3, 0.4) is 0 Å². The van der Waals surface area contributed by atoms with Gasteiger partial charge >= 0.3 is 5.97 Å². The lowest BCUT2D eigenvalue weighted by atomic mass is 9.74. The number of rotatable bonds is 4. The molecule has 0 radical (unpaired) electrons. The Labute approximate surface area is 180 Å². The summed E-state index contributed by atoms with van der Waals surface area (Å²) >= 11 is 12.8. The van der Waals surface area contributed by atoms with Crippen molar-refractivity contribution < 1.29 is 14.6 Å². The van der Waals surface area contributed by atoms with Crippen molar-refractivity contribution in [3.8, 4) is 5.75 Å². The van der Waals surface area contributed by atoms with Gasteiger partial charge in [0.1, 0.15) is 5.75 Å². The summed E-state index contributed by atoms with van der Waals surface area (Å²) in [7, 11) is 0. The first-order valence-electron chi connectivity index (χ1n) is 10.1. The van der Waals surface area contributed by atoms with Crippen molar-refractivity contribution in [2.45, 2.75) is 36.5 Å². The maximum Gasteiger partial charge on any atom is 0.317 e. The van der Waals surface area contributed by atoms with Gasteiger partial charge in [-0.25, -0.2) is 0 Å². The number of ether oxygens (including phenoxy) is 1. The third kappa shape index (κ3) is 3.41. The topological polar surface area (TPSA) is 49.8 Å². The lowest BCUT2D eigenvalue weighted by Crippen LogP contribution is -2.45. The quantitative estimate of drug-likeness (QED) is 0.733. The number of halogens is 2. The van der Waals surface area contributed by atoms with E-state index in [4.69, 9.17) is 33.0 Å². The number of aliphatic carboxylic acids is 1. The van der Waals surface area contributed by atoms with E-state index in [9.17, 15) is 4.79 Å². The van der Waals surface area contributed by atoms with Gasteiger partial charge < -0.3 is 9.84 Å². The normalized spacial score (nSPS) is 24.9. The largest absolute Gasteiger partial charge is 0.492 e. The molecule has 4 nitrogen and oxygen atoms in total. The van der Waals surface area contributed by atoms with Crippen molar-refractivity contribution in [2.24, 2.45) is 0 Å². The van der Waals surface area contributed by atoms with Gasteiger partial charge in [0.15, 0.2) is 0 Å². The number of fused-ring (bicyclic) bond motifs is 2. The molecule has 1 saturated heterocycles. The molecule has 152 valence electrons. The van der Waals surface area contributed by atoms with Crippen LogP contribution in [0, 0.1) is 0 Å². The summed E-state index contributed by atoms with van der Waals surface area (Å²) in [4.78, 5) is 13.0. The highest BCUT2D eigenvalue weighted by Gasteiger charge is 2.45. The number of benzene rings is 2. The van der Waals surface area contributed by atoms with Gasteiger partial charge in [0, 0.05) is 21.0 Å². The van der Waals surface area contributed by atoms with Gasteiger partial charge in [-0.3, -0.25) is 9.69 Å². The molecule has 2 aromatic carbocycles. The Bertz CT molecular complexity index is 948. The van der Waals surface area contributed by atoms with Crippen LogP contribution in [0.4, 0.5) is 0 Å². The number of likely N-dealkylation sites (tertiary alicyclic amines) is 1. The fourth-order valence-electron chi connectivity index (χ4n) is 5.11. The van der Waals surface area contributed by atoms with Gasteiger partial charge in [-0.05, 0) is 73.5 Å². The van der Waals surface area contributed by atoms with Crippen LogP contribution in [0.25, 0.3) is 0 Å². The van der Waals surface area contributed by atoms with Gasteiger partial charge in [0.25, 0.3) is 0 Å². The minimum absolute atomic E-state index is 0.0257. The predicted molar refractivity (Wildman–Crippen MR) is 113 cm³/mol. The van der Waals surface area contributed by atoms with Crippen molar-refractivity contribution >= 4 is 29.2 Å². The first kappa shape index (κ1) is 19.2. The summed E-state index contributed by atoms with van der Waals surface area (Å²) in [6.07, 6.45) is 2.93. The molecule has 0 aromatic heterocycles. The van der Waals surface area contributed by atoms with Crippen LogP contribution in [0.15, 0.2) is 36.4 Å². The van der Waals surface area contributed by atoms with Gasteiger partial charge in [-0.1, -0.05) is 41.4 Å². The molecule has 0 bridgehead atoms. The number of hydrogen-bond acceptors (Lipinski definition) is 3. The summed E-state index contributed by atoms with van der Waals surface area (Å²) < 4.78 is 6.13. The van der Waals surface area contributed by atoms with E-state index in [-0.39, 0.29) is 12.0 Å². The molecule has 2 fully saturated rings. The zero-order valence-corrected chi connectivity index (χ0v) is 17.5. The molecule has 1 spiro atoms. The van der Waals surface area contributed by atoms with Crippen molar-refractivity contribution in [1.82, 2.24) is 4.90 Å². The van der Waals surface area contributed by atoms with Crippen molar-refractivity contribution in [1.29, 1.82) is 0 Å². The molecular formula is C23H23Cl2NO3. The highest BCUT2D eigenvalue weighted by atomic mass is 35.5. The summed E-state index contributed by atoms with van der Waals surface area (Å²) in [6, 6.07) is 12.4. The fourth-order valence-corrected chi connectivity index (χ4v) is 5.79. The molecular weight excluding hydrogens is 409 g/mol. The highest BCUT2D eigenvalue weighted by Crippen LogP contribution is 2.59. The first-order chi connectivity index (χ1) is 14.0. The van der Waals surface area contributed by atoms with Crippen molar-refractivity contribution in [3.63, 3.8) is 0 Å². The van der Waals surface area contributed by atoms with E-state index in [0.717, 1.165) is 53.7 Å². The lowest BCUT2D eigenvalue weighted by molar-refractivity contribution is -0.138. The Morgan fingerprint density at radius 2 is 1.86 bits per heavy atom. The molecule has 3 aliphatic rings. The van der Waals surface area contributed by atoms with Gasteiger partial charge in [0.05, 0.1) is 13.2 Å². The Kier molecular flexibility index (Phi) is 4.77. The van der Waals surface area contributed by atoms with Crippen molar-refractivity contribution in [3.05, 3.63) is 63.1 Å². The van der Waals surface area contributed by atoms with Crippen LogP contribution in [0.2, 0.25) is 10.0 Å². The number of carboxylic acid groups (broad SMARTS) is 1. The summed E-state index contributed by atoms with van der Waals surface area (Å²) in [6.45, 7) is 2.41. The van der Waals surface area contributed by atoms with E-state index in [0.29, 0.717) is 18.4 Å².